The smallest absolute Gasteiger partial charge is 0.123 e. The number of likely N-dealkylation sites (tertiary alicyclic amines) is 1. The second kappa shape index (κ2) is 5.55. The van der Waals surface area contributed by atoms with E-state index in [0.717, 1.165) is 31.8 Å². The molecule has 2 nitrogen and oxygen atoms in total. The van der Waals surface area contributed by atoms with E-state index in [4.69, 9.17) is 16.3 Å². The summed E-state index contributed by atoms with van der Waals surface area (Å²) >= 11 is 6.18. The molecule has 0 aliphatic carbocycles. The summed E-state index contributed by atoms with van der Waals surface area (Å²) in [5, 5.41) is 0.309. The van der Waals surface area contributed by atoms with Crippen LogP contribution in [0.25, 0.3) is 0 Å². The van der Waals surface area contributed by atoms with Gasteiger partial charge in [-0.2, -0.15) is 0 Å². The first kappa shape index (κ1) is 11.7. The number of rotatable bonds is 3. The van der Waals surface area contributed by atoms with Gasteiger partial charge in [-0.05, 0) is 25.5 Å². The third kappa shape index (κ3) is 2.89. The molecule has 0 radical (unpaired) electrons. The van der Waals surface area contributed by atoms with Gasteiger partial charge in [-0.25, -0.2) is 0 Å². The fourth-order valence-electron chi connectivity index (χ4n) is 2.22. The molecule has 3 heteroatoms. The molecule has 88 valence electrons. The van der Waals surface area contributed by atoms with E-state index in [1.807, 2.05) is 12.1 Å². The number of nitrogens with zero attached hydrogens (tertiary/aromatic N) is 1. The van der Waals surface area contributed by atoms with Gasteiger partial charge >= 0.3 is 0 Å². The van der Waals surface area contributed by atoms with Crippen molar-refractivity contribution in [1.29, 1.82) is 0 Å². The number of para-hydroxylation sites is 1. The Kier molecular flexibility index (Phi) is 4.08. The summed E-state index contributed by atoms with van der Waals surface area (Å²) in [7, 11) is 1.72. The van der Waals surface area contributed by atoms with Crippen LogP contribution in [0.5, 0.6) is 5.75 Å². The maximum absolute atomic E-state index is 6.18. The second-order valence-corrected chi connectivity index (χ2v) is 4.90. The molecule has 0 N–H and O–H groups in total. The van der Waals surface area contributed by atoms with E-state index >= 15 is 0 Å². The number of piperidine rings is 1. The topological polar surface area (TPSA) is 12.5 Å². The third-order valence-electron chi connectivity index (χ3n) is 3.03. The molecule has 0 saturated carbocycles. The molecule has 0 spiro atoms. The van der Waals surface area contributed by atoms with Gasteiger partial charge in [-0.15, -0.1) is 11.6 Å². The van der Waals surface area contributed by atoms with Crippen LogP contribution >= 0.6 is 11.6 Å². The molecule has 0 aromatic heterocycles. The Balaban J connectivity index is 2.02. The summed E-state index contributed by atoms with van der Waals surface area (Å²) in [6.45, 7) is 3.06. The monoisotopic (exact) mass is 239 g/mol. The minimum atomic E-state index is 0.309. The highest BCUT2D eigenvalue weighted by molar-refractivity contribution is 6.20. The predicted octanol–water partition coefficient (Wildman–Crippen LogP) is 2.90. The molecular weight excluding hydrogens is 222 g/mol. The molecule has 1 aromatic carbocycles. The first-order chi connectivity index (χ1) is 7.79. The number of halogens is 1. The summed E-state index contributed by atoms with van der Waals surface area (Å²) < 4.78 is 5.35. The fraction of sp³-hybridized carbons (Fsp3) is 0.538. The number of methoxy groups -OCH3 is 1. The van der Waals surface area contributed by atoms with Crippen LogP contribution in [0.2, 0.25) is 0 Å². The standard InChI is InChI=1S/C13H18ClNO/c1-16-13-7-3-2-5-11(13)9-15-8-4-6-12(14)10-15/h2-3,5,7,12H,4,6,8-10H2,1H3. The normalized spacial score (nSPS) is 22.0. The summed E-state index contributed by atoms with van der Waals surface area (Å²) in [5.74, 6) is 0.971. The number of hydrogen-bond donors (Lipinski definition) is 0. The second-order valence-electron chi connectivity index (χ2n) is 4.29. The van der Waals surface area contributed by atoms with Crippen molar-refractivity contribution >= 4 is 11.6 Å². The zero-order valence-electron chi connectivity index (χ0n) is 9.66. The van der Waals surface area contributed by atoms with Gasteiger partial charge in [0.1, 0.15) is 5.75 Å². The van der Waals surface area contributed by atoms with Gasteiger partial charge in [0, 0.05) is 24.0 Å². The average molecular weight is 240 g/mol. The molecule has 16 heavy (non-hydrogen) atoms. The van der Waals surface area contributed by atoms with Gasteiger partial charge in [0.15, 0.2) is 0 Å². The van der Waals surface area contributed by atoms with E-state index in [9.17, 15) is 0 Å². The van der Waals surface area contributed by atoms with Crippen molar-refractivity contribution in [2.24, 2.45) is 0 Å². The van der Waals surface area contributed by atoms with Crippen LogP contribution in [0.4, 0.5) is 0 Å². The number of hydrogen-bond acceptors (Lipinski definition) is 2. The lowest BCUT2D eigenvalue weighted by Gasteiger charge is -2.30. The quantitative estimate of drug-likeness (QED) is 0.753. The zero-order chi connectivity index (χ0) is 11.4. The molecule has 1 heterocycles. The van der Waals surface area contributed by atoms with E-state index in [1.54, 1.807) is 7.11 Å². The average Bonchev–Trinajstić information content (AvgIpc) is 2.30. The van der Waals surface area contributed by atoms with Gasteiger partial charge in [-0.1, -0.05) is 18.2 Å². The van der Waals surface area contributed by atoms with Crippen molar-refractivity contribution in [1.82, 2.24) is 4.90 Å². The predicted molar refractivity (Wildman–Crippen MR) is 67.1 cm³/mol. The highest BCUT2D eigenvalue weighted by Gasteiger charge is 2.18. The molecule has 1 aliphatic rings. The molecular formula is C13H18ClNO. The van der Waals surface area contributed by atoms with Crippen molar-refractivity contribution in [3.05, 3.63) is 29.8 Å². The molecule has 2 rings (SSSR count). The minimum Gasteiger partial charge on any atom is -0.496 e. The lowest BCUT2D eigenvalue weighted by atomic mass is 10.1. The Morgan fingerprint density at radius 2 is 2.25 bits per heavy atom. The van der Waals surface area contributed by atoms with Crippen molar-refractivity contribution in [3.8, 4) is 5.75 Å². The Morgan fingerprint density at radius 3 is 3.00 bits per heavy atom. The first-order valence-corrected chi connectivity index (χ1v) is 6.21. The lowest BCUT2D eigenvalue weighted by Crippen LogP contribution is -2.35. The largest absolute Gasteiger partial charge is 0.496 e. The SMILES string of the molecule is COc1ccccc1CN1CCCC(Cl)C1. The fourth-order valence-corrected chi connectivity index (χ4v) is 2.57. The van der Waals surface area contributed by atoms with Crippen LogP contribution in [0.1, 0.15) is 18.4 Å². The summed E-state index contributed by atoms with van der Waals surface area (Å²) in [6, 6.07) is 8.19. The van der Waals surface area contributed by atoms with Gasteiger partial charge in [0.2, 0.25) is 0 Å². The van der Waals surface area contributed by atoms with E-state index in [-0.39, 0.29) is 0 Å². The molecule has 1 unspecified atom stereocenters. The van der Waals surface area contributed by atoms with Crippen LogP contribution < -0.4 is 4.74 Å². The Morgan fingerprint density at radius 1 is 1.44 bits per heavy atom. The van der Waals surface area contributed by atoms with Crippen molar-refractivity contribution in [2.75, 3.05) is 20.2 Å². The summed E-state index contributed by atoms with van der Waals surface area (Å²) in [5.41, 5.74) is 1.25. The number of benzene rings is 1. The van der Waals surface area contributed by atoms with E-state index < -0.39 is 0 Å². The van der Waals surface area contributed by atoms with E-state index in [2.05, 4.69) is 17.0 Å². The van der Waals surface area contributed by atoms with E-state index in [0.29, 0.717) is 5.38 Å². The molecule has 1 fully saturated rings. The van der Waals surface area contributed by atoms with Crippen LogP contribution in [0, 0.1) is 0 Å². The molecule has 1 saturated heterocycles. The molecule has 1 aromatic rings. The molecule has 0 bridgehead atoms. The molecule has 0 amide bonds. The Hall–Kier alpha value is -0.730. The third-order valence-corrected chi connectivity index (χ3v) is 3.39. The van der Waals surface area contributed by atoms with Crippen LogP contribution in [0.15, 0.2) is 24.3 Å². The van der Waals surface area contributed by atoms with Gasteiger partial charge in [0.25, 0.3) is 0 Å². The Bertz CT molecular complexity index is 342. The lowest BCUT2D eigenvalue weighted by molar-refractivity contribution is 0.221. The van der Waals surface area contributed by atoms with Crippen LogP contribution in [0.3, 0.4) is 0 Å². The van der Waals surface area contributed by atoms with Crippen LogP contribution in [-0.2, 0) is 6.54 Å². The van der Waals surface area contributed by atoms with Gasteiger partial charge in [0.05, 0.1) is 7.11 Å². The summed E-state index contributed by atoms with van der Waals surface area (Å²) in [6.07, 6.45) is 2.34. The van der Waals surface area contributed by atoms with Crippen molar-refractivity contribution < 1.29 is 4.74 Å². The first-order valence-electron chi connectivity index (χ1n) is 5.78. The van der Waals surface area contributed by atoms with Crippen molar-refractivity contribution in [3.63, 3.8) is 0 Å². The van der Waals surface area contributed by atoms with Gasteiger partial charge in [-0.3, -0.25) is 4.90 Å². The maximum Gasteiger partial charge on any atom is 0.123 e. The van der Waals surface area contributed by atoms with Crippen molar-refractivity contribution in [2.45, 2.75) is 24.8 Å². The Labute approximate surface area is 102 Å². The number of alkyl halides is 1. The zero-order valence-corrected chi connectivity index (χ0v) is 10.4. The highest BCUT2D eigenvalue weighted by atomic mass is 35.5. The van der Waals surface area contributed by atoms with Gasteiger partial charge < -0.3 is 4.74 Å². The minimum absolute atomic E-state index is 0.309. The highest BCUT2D eigenvalue weighted by Crippen LogP contribution is 2.22. The molecule has 1 atom stereocenters. The number of ether oxygens (including phenoxy) is 1. The van der Waals surface area contributed by atoms with Crippen LogP contribution in [-0.4, -0.2) is 30.5 Å². The maximum atomic E-state index is 6.18. The molecule has 1 aliphatic heterocycles. The van der Waals surface area contributed by atoms with E-state index in [1.165, 1.54) is 12.0 Å². The summed E-state index contributed by atoms with van der Waals surface area (Å²) in [4.78, 5) is 2.40.